The lowest BCUT2D eigenvalue weighted by atomic mass is 9.77. The summed E-state index contributed by atoms with van der Waals surface area (Å²) in [6.07, 6.45) is 6.23. The largest absolute Gasteiger partial charge is 0.362 e. The Bertz CT molecular complexity index is 1500. The molecule has 1 aliphatic rings. The zero-order chi connectivity index (χ0) is 29.9. The molecule has 42 heavy (non-hydrogen) atoms. The van der Waals surface area contributed by atoms with Gasteiger partial charge in [0.2, 0.25) is 0 Å². The van der Waals surface area contributed by atoms with Gasteiger partial charge in [-0.2, -0.15) is 5.10 Å². The molecule has 7 heteroatoms. The Balaban J connectivity index is 1.17. The number of nitrogens with zero attached hydrogens (tertiary/aromatic N) is 5. The lowest BCUT2D eigenvalue weighted by Crippen LogP contribution is -2.39. The van der Waals surface area contributed by atoms with Crippen molar-refractivity contribution in [1.82, 2.24) is 25.1 Å². The molecule has 0 bridgehead atoms. The van der Waals surface area contributed by atoms with Gasteiger partial charge in [0.05, 0.1) is 17.8 Å². The van der Waals surface area contributed by atoms with Crippen LogP contribution in [0.15, 0.2) is 60.7 Å². The van der Waals surface area contributed by atoms with Gasteiger partial charge in [-0.25, -0.2) is 9.97 Å². The highest BCUT2D eigenvalue weighted by Gasteiger charge is 2.28. The van der Waals surface area contributed by atoms with Gasteiger partial charge in [-0.05, 0) is 67.7 Å². The van der Waals surface area contributed by atoms with Gasteiger partial charge in [-0.1, -0.05) is 70.2 Å². The fourth-order valence-electron chi connectivity index (χ4n) is 6.09. The van der Waals surface area contributed by atoms with E-state index in [2.05, 4.69) is 62.2 Å². The van der Waals surface area contributed by atoms with E-state index in [1.165, 1.54) is 0 Å². The third-order valence-corrected chi connectivity index (χ3v) is 8.74. The molecule has 1 atom stereocenters. The van der Waals surface area contributed by atoms with Crippen LogP contribution in [0.25, 0.3) is 10.9 Å². The predicted octanol–water partition coefficient (Wildman–Crippen LogP) is 6.80. The van der Waals surface area contributed by atoms with Crippen LogP contribution in [0.1, 0.15) is 87.4 Å². The first-order valence-electron chi connectivity index (χ1n) is 15.4. The molecule has 1 N–H and O–H groups in total. The van der Waals surface area contributed by atoms with E-state index < -0.39 is 0 Å². The Morgan fingerprint density at radius 3 is 2.38 bits per heavy atom. The second kappa shape index (κ2) is 12.6. The Morgan fingerprint density at radius 2 is 1.69 bits per heavy atom. The molecule has 1 amide bonds. The number of anilines is 1. The number of para-hydroxylation sites is 1. The van der Waals surface area contributed by atoms with Crippen LogP contribution in [0.5, 0.6) is 0 Å². The standard InChI is InChI=1S/C35H46N6O/c1-24(16-21-32-37-29-15-11-10-14-28(29)33(38-32)40(5)6)26-17-19-27(20-18-26)36-34(42)30-22-31(35(2,3)4)39-41(30)23-25-12-8-7-9-13-25/h7-15,22,24,26-27H,16-21,23H2,1-6H3,(H,36,42)/t24-,26?,27?/m1/s1. The second-order valence-electron chi connectivity index (χ2n) is 13.3. The lowest BCUT2D eigenvalue weighted by Gasteiger charge is -2.32. The molecule has 2 aromatic carbocycles. The summed E-state index contributed by atoms with van der Waals surface area (Å²) in [5.74, 6) is 3.13. The van der Waals surface area contributed by atoms with Crippen molar-refractivity contribution in [2.75, 3.05) is 19.0 Å². The quantitative estimate of drug-likeness (QED) is 0.241. The molecular formula is C35H46N6O. The molecular weight excluding hydrogens is 520 g/mol. The first kappa shape index (κ1) is 29.7. The van der Waals surface area contributed by atoms with Crippen LogP contribution in [-0.2, 0) is 18.4 Å². The molecule has 2 aromatic heterocycles. The molecule has 0 radical (unpaired) electrons. The monoisotopic (exact) mass is 566 g/mol. The van der Waals surface area contributed by atoms with Crippen molar-refractivity contribution in [1.29, 1.82) is 0 Å². The van der Waals surface area contributed by atoms with Gasteiger partial charge in [0.15, 0.2) is 0 Å². The number of carbonyl (C=O) groups excluding carboxylic acids is 1. The van der Waals surface area contributed by atoms with Gasteiger partial charge in [-0.3, -0.25) is 9.48 Å². The number of hydrogen-bond acceptors (Lipinski definition) is 5. The third-order valence-electron chi connectivity index (χ3n) is 8.74. The average Bonchev–Trinajstić information content (AvgIpc) is 3.41. The Hall–Kier alpha value is -3.74. The normalized spacial score (nSPS) is 18.1. The molecule has 1 fully saturated rings. The summed E-state index contributed by atoms with van der Waals surface area (Å²) in [6, 6.07) is 20.6. The third kappa shape index (κ3) is 7.00. The van der Waals surface area contributed by atoms with E-state index in [0.29, 0.717) is 24.1 Å². The number of carbonyl (C=O) groups is 1. The minimum Gasteiger partial charge on any atom is -0.362 e. The molecule has 1 aliphatic carbocycles. The molecule has 0 unspecified atom stereocenters. The Labute approximate surface area is 250 Å². The van der Waals surface area contributed by atoms with Crippen molar-refractivity contribution >= 4 is 22.6 Å². The molecule has 2 heterocycles. The highest BCUT2D eigenvalue weighted by molar-refractivity contribution is 5.93. The van der Waals surface area contributed by atoms with Crippen molar-refractivity contribution in [3.8, 4) is 0 Å². The smallest absolute Gasteiger partial charge is 0.269 e. The maximum atomic E-state index is 13.5. The summed E-state index contributed by atoms with van der Waals surface area (Å²) < 4.78 is 1.87. The van der Waals surface area contributed by atoms with E-state index in [1.807, 2.05) is 55.2 Å². The van der Waals surface area contributed by atoms with Crippen LogP contribution in [0.2, 0.25) is 0 Å². The first-order valence-corrected chi connectivity index (χ1v) is 15.4. The molecule has 5 rings (SSSR count). The van der Waals surface area contributed by atoms with Gasteiger partial charge in [0, 0.05) is 37.4 Å². The van der Waals surface area contributed by atoms with E-state index in [9.17, 15) is 4.79 Å². The lowest BCUT2D eigenvalue weighted by molar-refractivity contribution is 0.0905. The minimum absolute atomic E-state index is 0.0180. The van der Waals surface area contributed by atoms with Crippen molar-refractivity contribution in [2.45, 2.75) is 84.2 Å². The molecule has 7 nitrogen and oxygen atoms in total. The topological polar surface area (TPSA) is 75.9 Å². The first-order chi connectivity index (χ1) is 20.1. The summed E-state index contributed by atoms with van der Waals surface area (Å²) in [7, 11) is 4.08. The Kier molecular flexibility index (Phi) is 8.95. The number of hydrogen-bond donors (Lipinski definition) is 1. The maximum Gasteiger partial charge on any atom is 0.269 e. The SMILES string of the molecule is C[C@H](CCc1nc(N(C)C)c2ccccc2n1)C1CCC(NC(=O)c2cc(C(C)(C)C)nn2Cc2ccccc2)CC1. The molecule has 0 spiro atoms. The zero-order valence-electron chi connectivity index (χ0n) is 26.1. The molecule has 1 saturated carbocycles. The second-order valence-corrected chi connectivity index (χ2v) is 13.3. The number of benzene rings is 2. The van der Waals surface area contributed by atoms with E-state index in [-0.39, 0.29) is 17.4 Å². The summed E-state index contributed by atoms with van der Waals surface area (Å²) >= 11 is 0. The van der Waals surface area contributed by atoms with Gasteiger partial charge >= 0.3 is 0 Å². The van der Waals surface area contributed by atoms with Crippen LogP contribution in [0, 0.1) is 11.8 Å². The van der Waals surface area contributed by atoms with Crippen molar-refractivity contribution in [3.05, 3.63) is 83.4 Å². The number of rotatable bonds is 9. The summed E-state index contributed by atoms with van der Waals surface area (Å²) in [5, 5.41) is 9.29. The zero-order valence-corrected chi connectivity index (χ0v) is 26.1. The fourth-order valence-corrected chi connectivity index (χ4v) is 6.09. The summed E-state index contributed by atoms with van der Waals surface area (Å²) in [5.41, 5.74) is 3.60. The number of nitrogens with one attached hydrogen (secondary N) is 1. The molecule has 0 saturated heterocycles. The Morgan fingerprint density at radius 1 is 1.00 bits per heavy atom. The van der Waals surface area contributed by atoms with E-state index >= 15 is 0 Å². The summed E-state index contributed by atoms with van der Waals surface area (Å²) in [6.45, 7) is 9.37. The average molecular weight is 567 g/mol. The van der Waals surface area contributed by atoms with Gasteiger partial charge in [-0.15, -0.1) is 0 Å². The van der Waals surface area contributed by atoms with Crippen LogP contribution >= 0.6 is 0 Å². The van der Waals surface area contributed by atoms with Gasteiger partial charge < -0.3 is 10.2 Å². The van der Waals surface area contributed by atoms with E-state index in [0.717, 1.165) is 72.3 Å². The van der Waals surface area contributed by atoms with Gasteiger partial charge in [0.1, 0.15) is 17.3 Å². The minimum atomic E-state index is -0.128. The van der Waals surface area contributed by atoms with Crippen molar-refractivity contribution in [2.24, 2.45) is 11.8 Å². The van der Waals surface area contributed by atoms with Crippen LogP contribution in [0.3, 0.4) is 0 Å². The number of amides is 1. The molecule has 0 aliphatic heterocycles. The molecule has 4 aromatic rings. The van der Waals surface area contributed by atoms with Crippen LogP contribution in [-0.4, -0.2) is 45.8 Å². The van der Waals surface area contributed by atoms with E-state index in [1.54, 1.807) is 0 Å². The van der Waals surface area contributed by atoms with Crippen LogP contribution < -0.4 is 10.2 Å². The highest BCUT2D eigenvalue weighted by atomic mass is 16.2. The number of fused-ring (bicyclic) bond motifs is 1. The van der Waals surface area contributed by atoms with Crippen LogP contribution in [0.4, 0.5) is 5.82 Å². The fraction of sp³-hybridized carbons (Fsp3) is 0.486. The van der Waals surface area contributed by atoms with Gasteiger partial charge in [0.25, 0.3) is 5.91 Å². The maximum absolute atomic E-state index is 13.5. The van der Waals surface area contributed by atoms with E-state index in [4.69, 9.17) is 15.1 Å². The molecule has 222 valence electrons. The van der Waals surface area contributed by atoms with Crippen molar-refractivity contribution < 1.29 is 4.79 Å². The summed E-state index contributed by atoms with van der Waals surface area (Å²) in [4.78, 5) is 25.4. The van der Waals surface area contributed by atoms with Crippen molar-refractivity contribution in [3.63, 3.8) is 0 Å². The number of aryl methyl sites for hydroxylation is 1. The predicted molar refractivity (Wildman–Crippen MR) is 171 cm³/mol. The highest BCUT2D eigenvalue weighted by Crippen LogP contribution is 2.33. The number of aromatic nitrogens is 4.